The standard InChI is InChI=1S/C13H16N2O4/c1-13(11(16)17,12(18)19)10-9(14-6-7-15-10)8-4-2-3-5-8/h6-8H,2-5H2,1H3,(H,16,17)(H,18,19). The Balaban J connectivity index is 2.54. The number of nitrogens with zero attached hydrogens (tertiary/aromatic N) is 2. The summed E-state index contributed by atoms with van der Waals surface area (Å²) in [6.45, 7) is 1.17. The molecular weight excluding hydrogens is 248 g/mol. The number of rotatable bonds is 4. The lowest BCUT2D eigenvalue weighted by Gasteiger charge is -2.23. The summed E-state index contributed by atoms with van der Waals surface area (Å²) < 4.78 is 0. The van der Waals surface area contributed by atoms with Gasteiger partial charge < -0.3 is 10.2 Å². The smallest absolute Gasteiger partial charge is 0.327 e. The first-order chi connectivity index (χ1) is 8.98. The number of hydrogen-bond donors (Lipinski definition) is 2. The molecule has 1 fully saturated rings. The van der Waals surface area contributed by atoms with E-state index in [2.05, 4.69) is 9.97 Å². The average Bonchev–Trinajstić information content (AvgIpc) is 2.91. The molecule has 0 aromatic carbocycles. The molecule has 0 spiro atoms. The van der Waals surface area contributed by atoms with E-state index in [0.29, 0.717) is 5.69 Å². The van der Waals surface area contributed by atoms with Crippen LogP contribution in [0.25, 0.3) is 0 Å². The van der Waals surface area contributed by atoms with Gasteiger partial charge in [0.25, 0.3) is 0 Å². The minimum atomic E-state index is -2.05. The molecule has 0 unspecified atom stereocenters. The third kappa shape index (κ3) is 2.18. The number of carboxylic acids is 2. The molecular formula is C13H16N2O4. The first-order valence-electron chi connectivity index (χ1n) is 6.26. The van der Waals surface area contributed by atoms with E-state index < -0.39 is 17.4 Å². The summed E-state index contributed by atoms with van der Waals surface area (Å²) in [5.74, 6) is -2.72. The van der Waals surface area contributed by atoms with Crippen LogP contribution in [0.4, 0.5) is 0 Å². The number of carbonyl (C=O) groups is 2. The minimum Gasteiger partial charge on any atom is -0.480 e. The van der Waals surface area contributed by atoms with Gasteiger partial charge in [0.15, 0.2) is 0 Å². The van der Waals surface area contributed by atoms with E-state index in [1.807, 2.05) is 0 Å². The van der Waals surface area contributed by atoms with Gasteiger partial charge >= 0.3 is 11.9 Å². The molecule has 1 aromatic heterocycles. The highest BCUT2D eigenvalue weighted by molar-refractivity contribution is 6.03. The summed E-state index contributed by atoms with van der Waals surface area (Å²) in [6.07, 6.45) is 6.75. The summed E-state index contributed by atoms with van der Waals surface area (Å²) in [7, 11) is 0. The lowest BCUT2D eigenvalue weighted by Crippen LogP contribution is -2.42. The lowest BCUT2D eigenvalue weighted by atomic mass is 9.82. The van der Waals surface area contributed by atoms with Crippen molar-refractivity contribution in [2.45, 2.75) is 43.9 Å². The molecule has 1 aromatic rings. The first-order valence-corrected chi connectivity index (χ1v) is 6.26. The molecule has 1 saturated carbocycles. The first kappa shape index (κ1) is 13.5. The SMILES string of the molecule is CC(C(=O)O)(C(=O)O)c1nccnc1C1CCCC1. The van der Waals surface area contributed by atoms with Crippen molar-refractivity contribution in [2.75, 3.05) is 0 Å². The van der Waals surface area contributed by atoms with Crippen LogP contribution in [-0.2, 0) is 15.0 Å². The maximum atomic E-state index is 11.4. The van der Waals surface area contributed by atoms with Gasteiger partial charge in [0.05, 0.1) is 11.4 Å². The molecule has 6 nitrogen and oxygen atoms in total. The van der Waals surface area contributed by atoms with Gasteiger partial charge in [-0.2, -0.15) is 0 Å². The van der Waals surface area contributed by atoms with Crippen LogP contribution < -0.4 is 0 Å². The van der Waals surface area contributed by atoms with Crippen molar-refractivity contribution in [3.8, 4) is 0 Å². The summed E-state index contributed by atoms with van der Waals surface area (Å²) in [5, 5.41) is 18.6. The predicted molar refractivity (Wildman–Crippen MR) is 65.9 cm³/mol. The quantitative estimate of drug-likeness (QED) is 0.800. The van der Waals surface area contributed by atoms with Crippen molar-refractivity contribution >= 4 is 11.9 Å². The Morgan fingerprint density at radius 2 is 1.68 bits per heavy atom. The fraction of sp³-hybridized carbons (Fsp3) is 0.538. The van der Waals surface area contributed by atoms with Crippen LogP contribution in [0.5, 0.6) is 0 Å². The van der Waals surface area contributed by atoms with Gasteiger partial charge in [-0.25, -0.2) is 0 Å². The maximum Gasteiger partial charge on any atom is 0.327 e. The highest BCUT2D eigenvalue weighted by Gasteiger charge is 2.47. The second kappa shape index (κ2) is 4.95. The van der Waals surface area contributed by atoms with Crippen molar-refractivity contribution in [3.05, 3.63) is 23.8 Å². The summed E-state index contributed by atoms with van der Waals surface area (Å²) in [6, 6.07) is 0. The van der Waals surface area contributed by atoms with Crippen molar-refractivity contribution in [1.29, 1.82) is 0 Å². The average molecular weight is 264 g/mol. The van der Waals surface area contributed by atoms with Gasteiger partial charge in [0.2, 0.25) is 5.41 Å². The molecule has 0 radical (unpaired) electrons. The Morgan fingerprint density at radius 3 is 2.21 bits per heavy atom. The molecule has 0 atom stereocenters. The van der Waals surface area contributed by atoms with Gasteiger partial charge in [-0.1, -0.05) is 12.8 Å². The molecule has 2 N–H and O–H groups in total. The largest absolute Gasteiger partial charge is 0.480 e. The summed E-state index contributed by atoms with van der Waals surface area (Å²) >= 11 is 0. The maximum absolute atomic E-state index is 11.4. The van der Waals surface area contributed by atoms with Gasteiger partial charge in [-0.3, -0.25) is 19.6 Å². The van der Waals surface area contributed by atoms with Crippen LogP contribution >= 0.6 is 0 Å². The van der Waals surface area contributed by atoms with E-state index in [1.165, 1.54) is 19.3 Å². The molecule has 1 heterocycles. The fourth-order valence-electron chi connectivity index (χ4n) is 2.53. The fourth-order valence-corrected chi connectivity index (χ4v) is 2.53. The number of aliphatic carboxylic acids is 2. The van der Waals surface area contributed by atoms with E-state index in [9.17, 15) is 19.8 Å². The summed E-state index contributed by atoms with van der Waals surface area (Å²) in [4.78, 5) is 31.0. The monoisotopic (exact) mass is 264 g/mol. The molecule has 1 aliphatic rings. The highest BCUT2D eigenvalue weighted by Crippen LogP contribution is 2.37. The van der Waals surface area contributed by atoms with E-state index >= 15 is 0 Å². The highest BCUT2D eigenvalue weighted by atomic mass is 16.4. The molecule has 102 valence electrons. The van der Waals surface area contributed by atoms with Crippen LogP contribution in [0.15, 0.2) is 12.4 Å². The van der Waals surface area contributed by atoms with E-state index in [4.69, 9.17) is 0 Å². The Morgan fingerprint density at radius 1 is 1.16 bits per heavy atom. The van der Waals surface area contributed by atoms with Crippen molar-refractivity contribution < 1.29 is 19.8 Å². The number of carboxylic acid groups (broad SMARTS) is 2. The summed E-state index contributed by atoms with van der Waals surface area (Å²) in [5.41, 5.74) is -1.47. The molecule has 19 heavy (non-hydrogen) atoms. The topological polar surface area (TPSA) is 100 Å². The van der Waals surface area contributed by atoms with Crippen LogP contribution in [0.1, 0.15) is 49.9 Å². The predicted octanol–water partition coefficient (Wildman–Crippen LogP) is 1.56. The van der Waals surface area contributed by atoms with Gasteiger partial charge in [0, 0.05) is 18.3 Å². The van der Waals surface area contributed by atoms with Crippen LogP contribution in [-0.4, -0.2) is 32.1 Å². The van der Waals surface area contributed by atoms with Crippen molar-refractivity contribution in [1.82, 2.24) is 9.97 Å². The van der Waals surface area contributed by atoms with E-state index in [1.54, 1.807) is 0 Å². The Labute approximate surface area is 110 Å². The third-order valence-corrected chi connectivity index (χ3v) is 3.80. The Kier molecular flexibility index (Phi) is 3.50. The molecule has 0 bridgehead atoms. The molecule has 1 aliphatic carbocycles. The van der Waals surface area contributed by atoms with Crippen molar-refractivity contribution in [2.24, 2.45) is 0 Å². The van der Waals surface area contributed by atoms with Crippen molar-refractivity contribution in [3.63, 3.8) is 0 Å². The normalized spacial score (nSPS) is 16.5. The molecule has 0 saturated heterocycles. The zero-order chi connectivity index (χ0) is 14.0. The Bertz CT molecular complexity index is 495. The second-order valence-electron chi connectivity index (χ2n) is 5.01. The van der Waals surface area contributed by atoms with Gasteiger partial charge in [0.1, 0.15) is 0 Å². The van der Waals surface area contributed by atoms with Crippen LogP contribution in [0.2, 0.25) is 0 Å². The number of hydrogen-bond acceptors (Lipinski definition) is 4. The van der Waals surface area contributed by atoms with Crippen LogP contribution in [0.3, 0.4) is 0 Å². The molecule has 0 aliphatic heterocycles. The van der Waals surface area contributed by atoms with E-state index in [-0.39, 0.29) is 11.6 Å². The number of aromatic nitrogens is 2. The molecule has 2 rings (SSSR count). The second-order valence-corrected chi connectivity index (χ2v) is 5.01. The minimum absolute atomic E-state index is 0.0573. The van der Waals surface area contributed by atoms with E-state index in [0.717, 1.165) is 25.7 Å². The molecule has 0 amide bonds. The van der Waals surface area contributed by atoms with Crippen LogP contribution in [0, 0.1) is 0 Å². The van der Waals surface area contributed by atoms with Gasteiger partial charge in [-0.15, -0.1) is 0 Å². The Hall–Kier alpha value is -1.98. The lowest BCUT2D eigenvalue weighted by molar-refractivity contribution is -0.156. The zero-order valence-electron chi connectivity index (χ0n) is 10.7. The zero-order valence-corrected chi connectivity index (χ0v) is 10.7. The molecule has 6 heteroatoms. The third-order valence-electron chi connectivity index (χ3n) is 3.80. The van der Waals surface area contributed by atoms with Gasteiger partial charge in [-0.05, 0) is 19.8 Å².